The Hall–Kier alpha value is -2.76. The first kappa shape index (κ1) is 18.0. The summed E-state index contributed by atoms with van der Waals surface area (Å²) in [6.45, 7) is 1.81. The van der Waals surface area contributed by atoms with Crippen molar-refractivity contribution in [3.05, 3.63) is 71.3 Å². The molecule has 2 amide bonds. The van der Waals surface area contributed by atoms with Crippen LogP contribution in [0.4, 0.5) is 13.6 Å². The van der Waals surface area contributed by atoms with E-state index in [-0.39, 0.29) is 24.6 Å². The minimum Gasteiger partial charge on any atom is -0.447 e. The number of ether oxygens (including phenoxy) is 1. The van der Waals surface area contributed by atoms with Crippen LogP contribution in [0.25, 0.3) is 0 Å². The Morgan fingerprint density at radius 2 is 1.96 bits per heavy atom. The number of nitrogens with zero attached hydrogens (tertiary/aromatic N) is 1. The molecule has 0 radical (unpaired) electrons. The summed E-state index contributed by atoms with van der Waals surface area (Å²) in [6.07, 6.45) is -0.247. The highest BCUT2D eigenvalue weighted by Gasteiger charge is 2.38. The number of hydrogen-bond acceptors (Lipinski definition) is 3. The maximum atomic E-state index is 13.9. The van der Waals surface area contributed by atoms with E-state index in [1.165, 1.54) is 6.07 Å². The molecule has 26 heavy (non-hydrogen) atoms. The zero-order valence-electron chi connectivity index (χ0n) is 14.3. The number of hydrogen-bond donors (Lipinski definition) is 0. The van der Waals surface area contributed by atoms with E-state index in [0.29, 0.717) is 6.42 Å². The second kappa shape index (κ2) is 7.64. The van der Waals surface area contributed by atoms with Crippen LogP contribution < -0.4 is 0 Å². The predicted octanol–water partition coefficient (Wildman–Crippen LogP) is 4.05. The fourth-order valence-corrected chi connectivity index (χ4v) is 3.17. The number of carbonyl (C=O) groups is 2. The molecule has 6 heteroatoms. The maximum absolute atomic E-state index is 13.9. The van der Waals surface area contributed by atoms with Crippen molar-refractivity contribution in [1.29, 1.82) is 0 Å². The molecular formula is C20H19F2NO3. The number of imide groups is 1. The summed E-state index contributed by atoms with van der Waals surface area (Å²) in [5.41, 5.74) is 1.23. The summed E-state index contributed by atoms with van der Waals surface area (Å²) in [6, 6.07) is 12.4. The van der Waals surface area contributed by atoms with Gasteiger partial charge >= 0.3 is 6.09 Å². The molecule has 0 aliphatic carbocycles. The van der Waals surface area contributed by atoms with Crippen molar-refractivity contribution in [2.24, 2.45) is 0 Å². The van der Waals surface area contributed by atoms with Crippen molar-refractivity contribution < 1.29 is 23.1 Å². The molecule has 2 aromatic rings. The SMILES string of the molecule is C[C@@H](CC(=O)N1C(=O)OC[C@H]1Cc1ccccc1)c1ccc(F)cc1F. The normalized spacial score (nSPS) is 17.9. The molecule has 2 aromatic carbocycles. The van der Waals surface area contributed by atoms with Crippen LogP contribution in [0.5, 0.6) is 0 Å². The van der Waals surface area contributed by atoms with Gasteiger partial charge in [0.25, 0.3) is 0 Å². The number of carbonyl (C=O) groups excluding carboxylic acids is 2. The van der Waals surface area contributed by atoms with Crippen LogP contribution in [0.2, 0.25) is 0 Å². The van der Waals surface area contributed by atoms with Gasteiger partial charge in [-0.15, -0.1) is 0 Å². The van der Waals surface area contributed by atoms with E-state index in [9.17, 15) is 18.4 Å². The molecule has 1 aliphatic rings. The zero-order chi connectivity index (χ0) is 18.7. The van der Waals surface area contributed by atoms with E-state index in [2.05, 4.69) is 0 Å². The molecule has 0 unspecified atom stereocenters. The molecule has 1 heterocycles. The van der Waals surface area contributed by atoms with E-state index in [0.717, 1.165) is 22.6 Å². The molecule has 136 valence electrons. The van der Waals surface area contributed by atoms with Crippen molar-refractivity contribution in [3.8, 4) is 0 Å². The molecule has 2 atom stereocenters. The van der Waals surface area contributed by atoms with Gasteiger partial charge in [-0.3, -0.25) is 4.79 Å². The van der Waals surface area contributed by atoms with Gasteiger partial charge in [-0.1, -0.05) is 43.3 Å². The van der Waals surface area contributed by atoms with Crippen LogP contribution in [0.3, 0.4) is 0 Å². The minimum absolute atomic E-state index is 0.0665. The predicted molar refractivity (Wildman–Crippen MR) is 91.5 cm³/mol. The van der Waals surface area contributed by atoms with Gasteiger partial charge in [0, 0.05) is 12.5 Å². The summed E-state index contributed by atoms with van der Waals surface area (Å²) >= 11 is 0. The van der Waals surface area contributed by atoms with E-state index in [1.54, 1.807) is 6.92 Å². The molecule has 4 nitrogen and oxygen atoms in total. The average molecular weight is 359 g/mol. The van der Waals surface area contributed by atoms with Crippen LogP contribution in [-0.4, -0.2) is 29.5 Å². The second-order valence-electron chi connectivity index (χ2n) is 6.46. The number of halogens is 2. The molecule has 1 aliphatic heterocycles. The lowest BCUT2D eigenvalue weighted by Crippen LogP contribution is -2.40. The Labute approximate surface area is 150 Å². The summed E-state index contributed by atoms with van der Waals surface area (Å²) in [5, 5.41) is 0. The van der Waals surface area contributed by atoms with Crippen molar-refractivity contribution in [3.63, 3.8) is 0 Å². The largest absolute Gasteiger partial charge is 0.447 e. The average Bonchev–Trinajstić information content (AvgIpc) is 2.96. The Morgan fingerprint density at radius 3 is 2.65 bits per heavy atom. The topological polar surface area (TPSA) is 46.6 Å². The monoisotopic (exact) mass is 359 g/mol. The third-order valence-electron chi connectivity index (χ3n) is 4.52. The standard InChI is InChI=1S/C20H19F2NO3/c1-13(17-8-7-15(21)11-18(17)22)9-19(24)23-16(12-26-20(23)25)10-14-5-3-2-4-6-14/h2-8,11,13,16H,9-10,12H2,1H3/t13-,16+/m0/s1. The Bertz CT molecular complexity index is 810. The van der Waals surface area contributed by atoms with Crippen LogP contribution >= 0.6 is 0 Å². The molecule has 3 rings (SSSR count). The van der Waals surface area contributed by atoms with E-state index in [1.807, 2.05) is 30.3 Å². The van der Waals surface area contributed by atoms with Gasteiger partial charge in [0.05, 0.1) is 6.04 Å². The van der Waals surface area contributed by atoms with Crippen molar-refractivity contribution in [2.45, 2.75) is 31.7 Å². The maximum Gasteiger partial charge on any atom is 0.416 e. The lowest BCUT2D eigenvalue weighted by Gasteiger charge is -2.21. The quantitative estimate of drug-likeness (QED) is 0.809. The fourth-order valence-electron chi connectivity index (χ4n) is 3.17. The van der Waals surface area contributed by atoms with Crippen LogP contribution in [0.15, 0.2) is 48.5 Å². The highest BCUT2D eigenvalue weighted by Crippen LogP contribution is 2.26. The Morgan fingerprint density at radius 1 is 1.23 bits per heavy atom. The second-order valence-corrected chi connectivity index (χ2v) is 6.46. The molecule has 1 saturated heterocycles. The third kappa shape index (κ3) is 3.90. The van der Waals surface area contributed by atoms with E-state index >= 15 is 0 Å². The molecule has 0 saturated carbocycles. The molecule has 0 aromatic heterocycles. The minimum atomic E-state index is -0.699. The first-order valence-corrected chi connectivity index (χ1v) is 8.43. The van der Waals surface area contributed by atoms with Gasteiger partial charge in [-0.05, 0) is 29.5 Å². The third-order valence-corrected chi connectivity index (χ3v) is 4.52. The van der Waals surface area contributed by atoms with Crippen molar-refractivity contribution >= 4 is 12.0 Å². The van der Waals surface area contributed by atoms with Gasteiger partial charge in [0.15, 0.2) is 0 Å². The lowest BCUT2D eigenvalue weighted by atomic mass is 9.96. The summed E-state index contributed by atoms with van der Waals surface area (Å²) in [7, 11) is 0. The highest BCUT2D eigenvalue weighted by atomic mass is 19.1. The highest BCUT2D eigenvalue weighted by molar-refractivity contribution is 5.93. The Balaban J connectivity index is 1.71. The van der Waals surface area contributed by atoms with Gasteiger partial charge in [-0.2, -0.15) is 0 Å². The van der Waals surface area contributed by atoms with E-state index < -0.39 is 29.6 Å². The molecule has 1 fully saturated rings. The van der Waals surface area contributed by atoms with Crippen molar-refractivity contribution in [1.82, 2.24) is 4.90 Å². The molecular weight excluding hydrogens is 340 g/mol. The summed E-state index contributed by atoms with van der Waals surface area (Å²) in [4.78, 5) is 25.8. The summed E-state index contributed by atoms with van der Waals surface area (Å²) in [5.74, 6) is -2.29. The lowest BCUT2D eigenvalue weighted by molar-refractivity contribution is -0.129. The van der Waals surface area contributed by atoms with Gasteiger partial charge in [0.2, 0.25) is 5.91 Å². The van der Waals surface area contributed by atoms with Crippen LogP contribution in [0, 0.1) is 11.6 Å². The van der Waals surface area contributed by atoms with Crippen LogP contribution in [-0.2, 0) is 16.0 Å². The fraction of sp³-hybridized carbons (Fsp3) is 0.300. The number of amides is 2. The molecule has 0 spiro atoms. The number of benzene rings is 2. The number of rotatable bonds is 5. The Kier molecular flexibility index (Phi) is 5.30. The van der Waals surface area contributed by atoms with Crippen LogP contribution in [0.1, 0.15) is 30.4 Å². The van der Waals surface area contributed by atoms with E-state index in [4.69, 9.17) is 4.74 Å². The number of cyclic esters (lactones) is 1. The zero-order valence-corrected chi connectivity index (χ0v) is 14.3. The first-order chi connectivity index (χ1) is 12.5. The smallest absolute Gasteiger partial charge is 0.416 e. The summed E-state index contributed by atoms with van der Waals surface area (Å²) < 4.78 is 32.0. The molecule has 0 N–H and O–H groups in total. The van der Waals surface area contributed by atoms with Gasteiger partial charge in [-0.25, -0.2) is 18.5 Å². The van der Waals surface area contributed by atoms with Crippen molar-refractivity contribution in [2.75, 3.05) is 6.61 Å². The molecule has 0 bridgehead atoms. The van der Waals surface area contributed by atoms with Gasteiger partial charge in [0.1, 0.15) is 18.2 Å². The first-order valence-electron chi connectivity index (χ1n) is 8.43. The van der Waals surface area contributed by atoms with Gasteiger partial charge < -0.3 is 4.74 Å².